The largest absolute Gasteiger partial charge is 0.461 e. The lowest BCUT2D eigenvalue weighted by atomic mass is 10.2. The first-order valence-electron chi connectivity index (χ1n) is 6.72. The van der Waals surface area contributed by atoms with Crippen LogP contribution in [0.4, 0.5) is 5.69 Å². The second-order valence-electron chi connectivity index (χ2n) is 4.59. The Morgan fingerprint density at radius 2 is 2.15 bits per heavy atom. The van der Waals surface area contributed by atoms with Gasteiger partial charge in [-0.2, -0.15) is 0 Å². The number of aromatic nitrogens is 2. The van der Waals surface area contributed by atoms with Gasteiger partial charge in [0.1, 0.15) is 5.69 Å². The van der Waals surface area contributed by atoms with Crippen LogP contribution in [0.15, 0.2) is 36.8 Å². The van der Waals surface area contributed by atoms with E-state index in [9.17, 15) is 4.79 Å². The molecule has 0 saturated carbocycles. The van der Waals surface area contributed by atoms with Crippen molar-refractivity contribution in [3.63, 3.8) is 0 Å². The smallest absolute Gasteiger partial charge is 0.355 e. The number of pyridine rings is 1. The zero-order chi connectivity index (χ0) is 14.4. The minimum atomic E-state index is -0.329. The summed E-state index contributed by atoms with van der Waals surface area (Å²) in [6.45, 7) is 3.15. The van der Waals surface area contributed by atoms with Crippen molar-refractivity contribution in [1.82, 2.24) is 9.55 Å². The van der Waals surface area contributed by atoms with Gasteiger partial charge in [-0.3, -0.25) is 4.98 Å². The van der Waals surface area contributed by atoms with Crippen molar-refractivity contribution >= 4 is 11.7 Å². The number of nitrogens with zero attached hydrogens (tertiary/aromatic N) is 2. The lowest BCUT2D eigenvalue weighted by Crippen LogP contribution is -2.13. The predicted molar refractivity (Wildman–Crippen MR) is 77.4 cm³/mol. The van der Waals surface area contributed by atoms with Gasteiger partial charge in [-0.1, -0.05) is 6.92 Å². The maximum Gasteiger partial charge on any atom is 0.355 e. The van der Waals surface area contributed by atoms with E-state index in [1.165, 1.54) is 0 Å². The van der Waals surface area contributed by atoms with Gasteiger partial charge in [-0.25, -0.2) is 4.79 Å². The molecule has 0 atom stereocenters. The van der Waals surface area contributed by atoms with Crippen molar-refractivity contribution in [1.29, 1.82) is 0 Å². The summed E-state index contributed by atoms with van der Waals surface area (Å²) in [5.41, 5.74) is 7.92. The lowest BCUT2D eigenvalue weighted by molar-refractivity contribution is 0.0496. The first-order chi connectivity index (χ1) is 9.70. The SMILES string of the molecule is CCCn1cc(N)cc1C(=O)OCCc1ccncc1. The average molecular weight is 273 g/mol. The molecule has 0 aromatic carbocycles. The molecule has 2 aromatic rings. The molecule has 0 aliphatic rings. The lowest BCUT2D eigenvalue weighted by Gasteiger charge is -2.08. The molecule has 2 aromatic heterocycles. The van der Waals surface area contributed by atoms with E-state index in [2.05, 4.69) is 11.9 Å². The average Bonchev–Trinajstić information content (AvgIpc) is 2.81. The van der Waals surface area contributed by atoms with E-state index < -0.39 is 0 Å². The van der Waals surface area contributed by atoms with Crippen molar-refractivity contribution in [3.05, 3.63) is 48.0 Å². The number of carbonyl (C=O) groups excluding carboxylic acids is 1. The molecule has 106 valence electrons. The third kappa shape index (κ3) is 3.60. The van der Waals surface area contributed by atoms with Gasteiger partial charge in [-0.05, 0) is 30.2 Å². The van der Waals surface area contributed by atoms with Crippen LogP contribution in [0.5, 0.6) is 0 Å². The molecule has 5 nitrogen and oxygen atoms in total. The maximum absolute atomic E-state index is 12.0. The van der Waals surface area contributed by atoms with Crippen molar-refractivity contribution in [2.24, 2.45) is 0 Å². The molecule has 2 heterocycles. The molecule has 0 spiro atoms. The summed E-state index contributed by atoms with van der Waals surface area (Å²) in [5, 5.41) is 0. The summed E-state index contributed by atoms with van der Waals surface area (Å²) < 4.78 is 7.13. The topological polar surface area (TPSA) is 70.1 Å². The van der Waals surface area contributed by atoms with Crippen LogP contribution in [0.3, 0.4) is 0 Å². The first kappa shape index (κ1) is 14.1. The molecule has 2 N–H and O–H groups in total. The fraction of sp³-hybridized carbons (Fsp3) is 0.333. The van der Waals surface area contributed by atoms with E-state index >= 15 is 0 Å². The zero-order valence-electron chi connectivity index (χ0n) is 11.6. The minimum absolute atomic E-state index is 0.329. The fourth-order valence-corrected chi connectivity index (χ4v) is 2.01. The number of nitrogens with two attached hydrogens (primary N) is 1. The molecule has 20 heavy (non-hydrogen) atoms. The Morgan fingerprint density at radius 3 is 2.85 bits per heavy atom. The molecule has 0 amide bonds. The number of ether oxygens (including phenoxy) is 1. The molecule has 0 aliphatic carbocycles. The molecule has 0 saturated heterocycles. The standard InChI is InChI=1S/C15H19N3O2/c1-2-8-18-11-13(16)10-14(18)15(19)20-9-5-12-3-6-17-7-4-12/h3-4,6-7,10-11H,2,5,8-9,16H2,1H3. The van der Waals surface area contributed by atoms with Crippen LogP contribution in [0, 0.1) is 0 Å². The highest BCUT2D eigenvalue weighted by molar-refractivity contribution is 5.89. The third-order valence-corrected chi connectivity index (χ3v) is 2.96. The monoisotopic (exact) mass is 273 g/mol. The number of esters is 1. The summed E-state index contributed by atoms with van der Waals surface area (Å²) in [6, 6.07) is 5.47. The number of rotatable bonds is 6. The highest BCUT2D eigenvalue weighted by Crippen LogP contribution is 2.13. The molecule has 0 aliphatic heterocycles. The summed E-state index contributed by atoms with van der Waals surface area (Å²) in [4.78, 5) is 16.0. The van der Waals surface area contributed by atoms with Crippen molar-refractivity contribution < 1.29 is 9.53 Å². The molecule has 0 bridgehead atoms. The summed E-state index contributed by atoms with van der Waals surface area (Å²) in [6.07, 6.45) is 6.83. The van der Waals surface area contributed by atoms with E-state index in [0.29, 0.717) is 24.4 Å². The summed E-state index contributed by atoms with van der Waals surface area (Å²) in [5.74, 6) is -0.329. The van der Waals surface area contributed by atoms with Crippen molar-refractivity contribution in [2.75, 3.05) is 12.3 Å². The fourth-order valence-electron chi connectivity index (χ4n) is 2.01. The van der Waals surface area contributed by atoms with Gasteiger partial charge in [-0.15, -0.1) is 0 Å². The van der Waals surface area contributed by atoms with Crippen molar-refractivity contribution in [3.8, 4) is 0 Å². The molecule has 0 unspecified atom stereocenters. The molecular weight excluding hydrogens is 254 g/mol. The summed E-state index contributed by atoms with van der Waals surface area (Å²) >= 11 is 0. The number of carbonyl (C=O) groups is 1. The Kier molecular flexibility index (Phi) is 4.76. The second-order valence-corrected chi connectivity index (χ2v) is 4.59. The van der Waals surface area contributed by atoms with Gasteiger partial charge < -0.3 is 15.0 Å². The van der Waals surface area contributed by atoms with E-state index in [4.69, 9.17) is 10.5 Å². The van der Waals surface area contributed by atoms with Crippen LogP contribution in [0.2, 0.25) is 0 Å². The maximum atomic E-state index is 12.0. The van der Waals surface area contributed by atoms with Gasteiger partial charge >= 0.3 is 5.97 Å². The summed E-state index contributed by atoms with van der Waals surface area (Å²) in [7, 11) is 0. The van der Waals surface area contributed by atoms with Gasteiger partial charge in [0.25, 0.3) is 0 Å². The Balaban J connectivity index is 1.91. The van der Waals surface area contributed by atoms with Crippen LogP contribution in [-0.2, 0) is 17.7 Å². The van der Waals surface area contributed by atoms with Crippen molar-refractivity contribution in [2.45, 2.75) is 26.3 Å². The van der Waals surface area contributed by atoms with E-state index in [-0.39, 0.29) is 5.97 Å². The van der Waals surface area contributed by atoms with E-state index in [1.807, 2.05) is 16.7 Å². The minimum Gasteiger partial charge on any atom is -0.461 e. The predicted octanol–water partition coefficient (Wildman–Crippen LogP) is 2.27. The highest BCUT2D eigenvalue weighted by Gasteiger charge is 2.13. The normalized spacial score (nSPS) is 10.4. The highest BCUT2D eigenvalue weighted by atomic mass is 16.5. The molecule has 0 radical (unpaired) electrons. The number of hydrogen-bond acceptors (Lipinski definition) is 4. The van der Waals surface area contributed by atoms with Gasteiger partial charge in [0.2, 0.25) is 0 Å². The quantitative estimate of drug-likeness (QED) is 0.820. The molecular formula is C15H19N3O2. The van der Waals surface area contributed by atoms with Crippen LogP contribution in [0.25, 0.3) is 0 Å². The Morgan fingerprint density at radius 1 is 1.40 bits per heavy atom. The number of anilines is 1. The van der Waals surface area contributed by atoms with Crippen LogP contribution in [-0.4, -0.2) is 22.1 Å². The van der Waals surface area contributed by atoms with Crippen LogP contribution < -0.4 is 5.73 Å². The van der Waals surface area contributed by atoms with E-state index in [0.717, 1.165) is 18.5 Å². The number of nitrogen functional groups attached to an aromatic ring is 1. The molecule has 2 rings (SSSR count). The first-order valence-corrected chi connectivity index (χ1v) is 6.72. The van der Waals surface area contributed by atoms with Gasteiger partial charge in [0.05, 0.1) is 12.3 Å². The van der Waals surface area contributed by atoms with Crippen LogP contribution >= 0.6 is 0 Å². The number of aryl methyl sites for hydroxylation is 1. The third-order valence-electron chi connectivity index (χ3n) is 2.96. The Bertz CT molecular complexity index is 564. The van der Waals surface area contributed by atoms with E-state index in [1.54, 1.807) is 24.7 Å². The Hall–Kier alpha value is -2.30. The van der Waals surface area contributed by atoms with Gasteiger partial charge in [0.15, 0.2) is 0 Å². The second kappa shape index (κ2) is 6.75. The van der Waals surface area contributed by atoms with Gasteiger partial charge in [0, 0.05) is 31.6 Å². The molecule has 0 fully saturated rings. The number of hydrogen-bond donors (Lipinski definition) is 1. The van der Waals surface area contributed by atoms with Crippen LogP contribution in [0.1, 0.15) is 29.4 Å². The molecule has 5 heteroatoms. The zero-order valence-corrected chi connectivity index (χ0v) is 11.6. The Labute approximate surface area is 118 Å².